The third-order valence-electron chi connectivity index (χ3n) is 21.7. The van der Waals surface area contributed by atoms with Crippen LogP contribution in [0, 0.1) is 11.3 Å². The number of thiophene rings is 1. The first-order chi connectivity index (χ1) is 48.4. The van der Waals surface area contributed by atoms with E-state index in [-0.39, 0.29) is 32.5 Å². The van der Waals surface area contributed by atoms with Crippen molar-refractivity contribution in [1.82, 2.24) is 18.7 Å². The Kier molecular flexibility index (Phi) is 15.2. The van der Waals surface area contributed by atoms with E-state index in [1.165, 1.54) is 48.9 Å². The molecule has 5 aromatic heterocycles. The predicted molar refractivity (Wildman–Crippen MR) is 439 cm³/mol. The summed E-state index contributed by atoms with van der Waals surface area (Å²) in [5, 5.41) is 23.0. The molecule has 0 N–H and O–H groups in total. The van der Waals surface area contributed by atoms with E-state index in [1.807, 2.05) is 11.3 Å². The largest absolute Gasteiger partial charge is 0.307 e. The van der Waals surface area contributed by atoms with E-state index < -0.39 is 0 Å². The fourth-order valence-corrected chi connectivity index (χ4v) is 17.0. The van der Waals surface area contributed by atoms with E-state index in [9.17, 15) is 5.26 Å². The van der Waals surface area contributed by atoms with E-state index in [0.29, 0.717) is 5.56 Å². The molecule has 5 heterocycles. The summed E-state index contributed by atoms with van der Waals surface area (Å²) in [6.07, 6.45) is 0. The van der Waals surface area contributed by atoms with Crippen molar-refractivity contribution in [3.05, 3.63) is 263 Å². The summed E-state index contributed by atoms with van der Waals surface area (Å²) in [6.45, 7) is 41.7. The second kappa shape index (κ2) is 23.4. The Morgan fingerprint density at radius 2 is 0.647 bits per heavy atom. The average molecular weight is 1350 g/mol. The summed E-state index contributed by atoms with van der Waals surface area (Å²) in [5.41, 5.74) is 23.1. The molecule has 506 valence electrons. The number of benzene rings is 11. The Morgan fingerprint density at radius 1 is 0.304 bits per heavy atom. The summed E-state index contributed by atoms with van der Waals surface area (Å²) >= 11 is 1.85. The molecule has 0 bridgehead atoms. The van der Waals surface area contributed by atoms with Crippen LogP contribution in [0.5, 0.6) is 0 Å². The molecular weight excluding hydrogens is 1260 g/mol. The molecule has 102 heavy (non-hydrogen) atoms. The van der Waals surface area contributed by atoms with Crippen molar-refractivity contribution in [2.24, 2.45) is 0 Å². The number of nitriles is 1. The van der Waals surface area contributed by atoms with Crippen LogP contribution < -0.4 is 0 Å². The third-order valence-corrected chi connectivity index (χ3v) is 22.9. The van der Waals surface area contributed by atoms with Gasteiger partial charge in [0, 0.05) is 85.9 Å². The molecular formula is C96H91N5S. The molecule has 0 atom stereocenters. The lowest BCUT2D eigenvalue weighted by Gasteiger charge is -2.30. The molecule has 0 spiro atoms. The Hall–Kier alpha value is -10.3. The second-order valence-electron chi connectivity index (χ2n) is 34.8. The smallest absolute Gasteiger partial charge is 0.104 e. The molecule has 11 aromatic carbocycles. The summed E-state index contributed by atoms with van der Waals surface area (Å²) in [5.74, 6) is 0. The molecule has 0 unspecified atom stereocenters. The summed E-state index contributed by atoms with van der Waals surface area (Å²) in [4.78, 5) is 5.97. The van der Waals surface area contributed by atoms with Crippen molar-refractivity contribution in [2.45, 2.75) is 157 Å². The number of pyridine rings is 1. The fraction of sp³-hybridized carbons (Fsp3) is 0.250. The van der Waals surface area contributed by atoms with Gasteiger partial charge in [0.1, 0.15) is 11.6 Å². The van der Waals surface area contributed by atoms with E-state index in [2.05, 4.69) is 369 Å². The zero-order valence-electron chi connectivity index (χ0n) is 62.5. The third kappa shape index (κ3) is 10.8. The van der Waals surface area contributed by atoms with E-state index in [0.717, 1.165) is 132 Å². The predicted octanol–water partition coefficient (Wildman–Crippen LogP) is 27.1. The van der Waals surface area contributed by atoms with Gasteiger partial charge in [-0.3, -0.25) is 0 Å². The van der Waals surface area contributed by atoms with Gasteiger partial charge in [0.05, 0.1) is 61.6 Å². The molecule has 6 heteroatoms. The molecule has 16 rings (SSSR count). The van der Waals surface area contributed by atoms with Gasteiger partial charge in [0.15, 0.2) is 0 Å². The van der Waals surface area contributed by atoms with Crippen LogP contribution in [0.4, 0.5) is 0 Å². The van der Waals surface area contributed by atoms with Crippen LogP contribution in [0.15, 0.2) is 224 Å². The van der Waals surface area contributed by atoms with Gasteiger partial charge in [0.25, 0.3) is 0 Å². The minimum Gasteiger partial charge on any atom is -0.307 e. The summed E-state index contributed by atoms with van der Waals surface area (Å²) < 4.78 is 9.96. The molecule has 0 fully saturated rings. The quantitative estimate of drug-likeness (QED) is 0.160. The van der Waals surface area contributed by atoms with E-state index in [1.54, 1.807) is 0 Å². The number of hydrogen-bond donors (Lipinski definition) is 0. The highest BCUT2D eigenvalue weighted by atomic mass is 32.1. The molecule has 0 amide bonds. The highest BCUT2D eigenvalue weighted by molar-refractivity contribution is 7.26. The Balaban J connectivity index is 1.27. The number of fused-ring (bicyclic) bond motifs is 12. The molecule has 0 radical (unpaired) electrons. The normalized spacial score (nSPS) is 13.0. The van der Waals surface area contributed by atoms with Gasteiger partial charge in [0.2, 0.25) is 0 Å². The average Bonchev–Trinajstić information content (AvgIpc) is 1.46. The standard InChI is InChI=1S/C96H91N5S/c1-91(2,3)59-36-44-77-69(50-59)70-51-60(92(4,5)6)37-45-78(70)99(77)87-75(56-97)88(100-79-46-38-61(93(7,8)9)52-71(79)72-53-62(94(10,11)12)39-47-80(72)100)89(101-81-48-40-63(95(13,14)15)54-73(81)74-55-64(96(16,17)18)41-49-82(74)101)85(68-34-27-33-66-65-32-25-26-35-83(65)102-90(66)68)84(87)67-42-43-76(57-28-21-19-22-29-57)98-86(67)58-30-23-20-24-31-58/h19-55H,1-18H3. The van der Waals surface area contributed by atoms with Crippen molar-refractivity contribution in [2.75, 3.05) is 0 Å². The second-order valence-corrected chi connectivity index (χ2v) is 35.8. The van der Waals surface area contributed by atoms with Crippen molar-refractivity contribution in [3.8, 4) is 67.9 Å². The van der Waals surface area contributed by atoms with Crippen molar-refractivity contribution >= 4 is 96.9 Å². The maximum Gasteiger partial charge on any atom is 0.104 e. The van der Waals surface area contributed by atoms with Crippen molar-refractivity contribution < 1.29 is 0 Å². The minimum absolute atomic E-state index is 0.169. The monoisotopic (exact) mass is 1350 g/mol. The molecule has 0 aliphatic heterocycles. The Morgan fingerprint density at radius 3 is 1.04 bits per heavy atom. The lowest BCUT2D eigenvalue weighted by atomic mass is 9.84. The van der Waals surface area contributed by atoms with E-state index >= 15 is 0 Å². The van der Waals surface area contributed by atoms with Gasteiger partial charge >= 0.3 is 0 Å². The molecule has 16 aromatic rings. The van der Waals surface area contributed by atoms with Crippen molar-refractivity contribution in [3.63, 3.8) is 0 Å². The van der Waals surface area contributed by atoms with E-state index in [4.69, 9.17) is 4.98 Å². The van der Waals surface area contributed by atoms with Gasteiger partial charge in [-0.1, -0.05) is 258 Å². The fourth-order valence-electron chi connectivity index (χ4n) is 15.8. The molecule has 0 aliphatic rings. The lowest BCUT2D eigenvalue weighted by molar-refractivity contribution is 0.590. The summed E-state index contributed by atoms with van der Waals surface area (Å²) in [6, 6.07) is 88.0. The molecule has 0 saturated heterocycles. The maximum absolute atomic E-state index is 13.8. The highest BCUT2D eigenvalue weighted by Crippen LogP contribution is 2.57. The first kappa shape index (κ1) is 66.2. The Labute approximate surface area is 605 Å². The van der Waals surface area contributed by atoms with Crippen LogP contribution in [-0.4, -0.2) is 18.7 Å². The van der Waals surface area contributed by atoms with Crippen LogP contribution in [-0.2, 0) is 32.5 Å². The number of nitrogens with zero attached hydrogens (tertiary/aromatic N) is 5. The zero-order chi connectivity index (χ0) is 71.6. The molecule has 5 nitrogen and oxygen atoms in total. The maximum atomic E-state index is 13.8. The topological polar surface area (TPSA) is 51.5 Å². The van der Waals surface area contributed by atoms with Crippen molar-refractivity contribution in [1.29, 1.82) is 5.26 Å². The number of rotatable bonds is 7. The minimum atomic E-state index is -0.172. The van der Waals surface area contributed by atoms with Crippen LogP contribution >= 0.6 is 11.3 Å². The van der Waals surface area contributed by atoms with Gasteiger partial charge < -0.3 is 13.7 Å². The van der Waals surface area contributed by atoms with Crippen LogP contribution in [0.3, 0.4) is 0 Å². The highest BCUT2D eigenvalue weighted by Gasteiger charge is 2.37. The first-order valence-electron chi connectivity index (χ1n) is 36.3. The molecule has 0 aliphatic carbocycles. The first-order valence-corrected chi connectivity index (χ1v) is 37.1. The van der Waals surface area contributed by atoms with Gasteiger partial charge in [-0.25, -0.2) is 4.98 Å². The lowest BCUT2D eigenvalue weighted by Crippen LogP contribution is -2.15. The van der Waals surface area contributed by atoms with Crippen LogP contribution in [0.1, 0.15) is 164 Å². The zero-order valence-corrected chi connectivity index (χ0v) is 63.3. The van der Waals surface area contributed by atoms with Gasteiger partial charge in [-0.15, -0.1) is 11.3 Å². The van der Waals surface area contributed by atoms with Crippen LogP contribution in [0.2, 0.25) is 0 Å². The number of hydrogen-bond acceptors (Lipinski definition) is 3. The number of aromatic nitrogens is 4. The van der Waals surface area contributed by atoms with Crippen LogP contribution in [0.25, 0.3) is 147 Å². The van der Waals surface area contributed by atoms with Gasteiger partial charge in [-0.2, -0.15) is 5.26 Å². The molecule has 0 saturated carbocycles. The van der Waals surface area contributed by atoms with Gasteiger partial charge in [-0.05, 0) is 157 Å². The summed E-state index contributed by atoms with van der Waals surface area (Å²) in [7, 11) is 0. The SMILES string of the molecule is CC(C)(C)c1ccc2c(c1)c1cc(C(C)(C)C)ccc1n2-c1c(C#N)c(-n2c3ccc(C(C)(C)C)cc3c3cc(C(C)(C)C)ccc32)c(-n2c3ccc(C(C)(C)C)cc3c3cc(C(C)(C)C)ccc32)c(-c2cccc3c2sc2ccccc23)c1-c1ccc(-c2ccccc2)nc1-c1ccccc1. The Bertz CT molecular complexity index is 5950.